The summed E-state index contributed by atoms with van der Waals surface area (Å²) < 4.78 is 19.7. The molecule has 3 aromatic heterocycles. The number of nitrogens with one attached hydrogen (secondary N) is 3. The Morgan fingerprint density at radius 2 is 1.81 bits per heavy atom. The summed E-state index contributed by atoms with van der Waals surface area (Å²) in [7, 11) is 0. The van der Waals surface area contributed by atoms with E-state index in [1.165, 1.54) is 0 Å². The topological polar surface area (TPSA) is 176 Å². The normalized spacial score (nSPS) is 18.9. The highest BCUT2D eigenvalue weighted by Crippen LogP contribution is 2.35. The highest BCUT2D eigenvalue weighted by molar-refractivity contribution is 6.32. The summed E-state index contributed by atoms with van der Waals surface area (Å²) in [6, 6.07) is 8.04. The van der Waals surface area contributed by atoms with E-state index in [9.17, 15) is 0 Å². The van der Waals surface area contributed by atoms with Crippen molar-refractivity contribution in [3.05, 3.63) is 66.1 Å². The first-order chi connectivity index (χ1) is 23.5. The van der Waals surface area contributed by atoms with Gasteiger partial charge in [0.25, 0.3) is 5.88 Å². The monoisotopic (exact) mass is 674 g/mol. The first-order valence-corrected chi connectivity index (χ1v) is 16.4. The van der Waals surface area contributed by atoms with Crippen LogP contribution in [-0.4, -0.2) is 91.0 Å². The summed E-state index contributed by atoms with van der Waals surface area (Å²) in [4.78, 5) is 20.3. The van der Waals surface area contributed by atoms with E-state index in [-0.39, 0.29) is 25.3 Å². The molecule has 1 atom stereocenters. The summed E-state index contributed by atoms with van der Waals surface area (Å²) in [5, 5.41) is 20.3. The van der Waals surface area contributed by atoms with Crippen LogP contribution in [0, 0.1) is 10.9 Å². The zero-order valence-electron chi connectivity index (χ0n) is 26.7. The van der Waals surface area contributed by atoms with Crippen LogP contribution >= 0.6 is 11.6 Å². The van der Waals surface area contributed by atoms with Crippen molar-refractivity contribution in [3.63, 3.8) is 0 Å². The van der Waals surface area contributed by atoms with E-state index in [1.807, 2.05) is 29.9 Å². The van der Waals surface area contributed by atoms with Crippen molar-refractivity contribution in [1.82, 2.24) is 39.6 Å². The van der Waals surface area contributed by atoms with Gasteiger partial charge in [0.2, 0.25) is 5.95 Å². The van der Waals surface area contributed by atoms with Gasteiger partial charge in [-0.2, -0.15) is 5.53 Å². The fourth-order valence-corrected chi connectivity index (χ4v) is 6.16. The average molecular weight is 675 g/mol. The number of benzene rings is 1. The van der Waals surface area contributed by atoms with Crippen molar-refractivity contribution < 1.29 is 14.2 Å². The lowest BCUT2D eigenvalue weighted by molar-refractivity contribution is 0.00502. The molecule has 6 rings (SSSR count). The van der Waals surface area contributed by atoms with E-state index in [4.69, 9.17) is 41.9 Å². The highest BCUT2D eigenvalue weighted by atomic mass is 35.5. The Labute approximate surface area is 283 Å². The molecule has 2 fully saturated rings. The molecule has 1 aliphatic heterocycles. The zero-order chi connectivity index (χ0) is 33.3. The molecule has 16 heteroatoms. The summed E-state index contributed by atoms with van der Waals surface area (Å²) in [6.45, 7) is 5.86. The van der Waals surface area contributed by atoms with Gasteiger partial charge < -0.3 is 19.5 Å². The molecule has 15 nitrogen and oxygen atoms in total. The van der Waals surface area contributed by atoms with E-state index in [0.717, 1.165) is 74.5 Å². The van der Waals surface area contributed by atoms with Gasteiger partial charge in [0.1, 0.15) is 30.5 Å². The maximum Gasteiger partial charge on any atom is 0.257 e. The molecule has 1 saturated heterocycles. The molecule has 0 amide bonds. The molecule has 4 heterocycles. The molecule has 3 N–H and O–H groups in total. The van der Waals surface area contributed by atoms with Crippen molar-refractivity contribution in [1.29, 1.82) is 10.9 Å². The number of ether oxygens (including phenoxy) is 3. The summed E-state index contributed by atoms with van der Waals surface area (Å²) >= 11 is 6.41. The first-order valence-electron chi connectivity index (χ1n) is 16.0. The van der Waals surface area contributed by atoms with Gasteiger partial charge in [0.05, 0.1) is 37.0 Å². The van der Waals surface area contributed by atoms with Gasteiger partial charge in [0.15, 0.2) is 5.82 Å². The Morgan fingerprint density at radius 3 is 2.52 bits per heavy atom. The smallest absolute Gasteiger partial charge is 0.257 e. The third kappa shape index (κ3) is 8.40. The van der Waals surface area contributed by atoms with Gasteiger partial charge in [-0.15, -0.1) is 5.10 Å². The number of rotatable bonds is 14. The number of hydrogen-bond acceptors (Lipinski definition) is 13. The Kier molecular flexibility index (Phi) is 11.0. The molecule has 0 unspecified atom stereocenters. The minimum Gasteiger partial charge on any atom is -0.487 e. The van der Waals surface area contributed by atoms with Gasteiger partial charge >= 0.3 is 0 Å². The van der Waals surface area contributed by atoms with E-state index in [2.05, 4.69) is 35.4 Å². The largest absolute Gasteiger partial charge is 0.487 e. The third-order valence-electron chi connectivity index (χ3n) is 8.47. The lowest BCUT2D eigenvalue weighted by Crippen LogP contribution is -2.45. The molecule has 1 aliphatic carbocycles. The minimum absolute atomic E-state index is 0.174. The fraction of sp³-hybridized carbons (Fsp3) is 0.438. The van der Waals surface area contributed by atoms with Crippen molar-refractivity contribution in [2.75, 3.05) is 38.2 Å². The van der Waals surface area contributed by atoms with Crippen LogP contribution in [0.2, 0.25) is 5.02 Å². The molecule has 4 aromatic rings. The molecule has 0 spiro atoms. The number of halogens is 1. The van der Waals surface area contributed by atoms with E-state index in [1.54, 1.807) is 36.9 Å². The van der Waals surface area contributed by atoms with Crippen molar-refractivity contribution in [2.24, 2.45) is 5.22 Å². The number of morpholine rings is 1. The molecule has 2 aliphatic rings. The van der Waals surface area contributed by atoms with Crippen LogP contribution in [0.5, 0.6) is 11.6 Å². The lowest BCUT2D eigenvalue weighted by Gasteiger charge is -2.38. The van der Waals surface area contributed by atoms with E-state index < -0.39 is 0 Å². The number of anilines is 2. The molecular weight excluding hydrogens is 636 g/mol. The van der Waals surface area contributed by atoms with Gasteiger partial charge in [-0.05, 0) is 56.4 Å². The van der Waals surface area contributed by atoms with Gasteiger partial charge in [0, 0.05) is 49.5 Å². The van der Waals surface area contributed by atoms with Gasteiger partial charge in [-0.1, -0.05) is 22.9 Å². The summed E-state index contributed by atoms with van der Waals surface area (Å²) in [5.41, 5.74) is 9.38. The third-order valence-corrected chi connectivity index (χ3v) is 8.78. The van der Waals surface area contributed by atoms with Crippen molar-refractivity contribution in [2.45, 2.75) is 57.4 Å². The SMILES string of the molecule is C[C@@H](CN(C=N)N=N)Oc1cc(-c2cnc(Nc3cn(C4CCC(N5CCOCC5)CC4)nc3OCc3ncccn3)nc2)ccc1Cl. The Balaban J connectivity index is 1.15. The first kappa shape index (κ1) is 33.2. The van der Waals surface area contributed by atoms with Crippen LogP contribution in [-0.2, 0) is 11.3 Å². The second-order valence-corrected chi connectivity index (χ2v) is 12.1. The molecule has 0 bridgehead atoms. The second-order valence-electron chi connectivity index (χ2n) is 11.7. The quantitative estimate of drug-likeness (QED) is 0.0662. The van der Waals surface area contributed by atoms with Crippen LogP contribution in [0.25, 0.3) is 11.1 Å². The molecule has 48 heavy (non-hydrogen) atoms. The van der Waals surface area contributed by atoms with Crippen molar-refractivity contribution in [3.8, 4) is 22.8 Å². The van der Waals surface area contributed by atoms with Crippen LogP contribution < -0.4 is 14.8 Å². The highest BCUT2D eigenvalue weighted by Gasteiger charge is 2.29. The average Bonchev–Trinajstić information content (AvgIpc) is 3.54. The van der Waals surface area contributed by atoms with Crippen LogP contribution in [0.15, 0.2) is 60.5 Å². The predicted octanol–water partition coefficient (Wildman–Crippen LogP) is 5.54. The number of aromatic nitrogens is 6. The lowest BCUT2D eigenvalue weighted by atomic mass is 9.90. The standard InChI is InChI=1S/C32H39ClN12O3/c1-22(18-44(21-34)42-35)48-29-15-23(3-8-27(29)33)24-16-38-32(39-17-24)40-28-19-45(41-31(28)47-20-30-36-9-2-10-37-30)26-6-4-25(5-7-26)43-11-13-46-14-12-43/h2-3,8-10,15-17,19,21-22,25-26,34-35H,4-7,11-14,18,20H2,1H3,(H,38,39,40)/t22-,25?,26?/m0/s1. The van der Waals surface area contributed by atoms with Crippen LogP contribution in [0.4, 0.5) is 11.6 Å². The maximum absolute atomic E-state index is 7.33. The Hall–Kier alpha value is -4.73. The Bertz CT molecular complexity index is 1640. The number of nitrogens with zero attached hydrogens (tertiary/aromatic N) is 9. The van der Waals surface area contributed by atoms with E-state index >= 15 is 0 Å². The molecule has 252 valence electrons. The van der Waals surface area contributed by atoms with Crippen molar-refractivity contribution >= 4 is 29.6 Å². The van der Waals surface area contributed by atoms with Gasteiger partial charge in [-0.3, -0.25) is 15.0 Å². The zero-order valence-corrected chi connectivity index (χ0v) is 27.5. The summed E-state index contributed by atoms with van der Waals surface area (Å²) in [5.74, 6) is 1.84. The van der Waals surface area contributed by atoms with Crippen LogP contribution in [0.3, 0.4) is 0 Å². The molecule has 1 saturated carbocycles. The molecule has 1 aromatic carbocycles. The maximum atomic E-state index is 7.33. The molecule has 0 radical (unpaired) electrons. The number of hydrogen-bond donors (Lipinski definition) is 3. The van der Waals surface area contributed by atoms with E-state index in [0.29, 0.717) is 40.2 Å². The Morgan fingerprint density at radius 1 is 1.08 bits per heavy atom. The molecular formula is C32H39ClN12O3. The fourth-order valence-electron chi connectivity index (χ4n) is 6.00. The predicted molar refractivity (Wildman–Crippen MR) is 179 cm³/mol. The summed E-state index contributed by atoms with van der Waals surface area (Å²) in [6.07, 6.45) is 13.7. The van der Waals surface area contributed by atoms with Gasteiger partial charge in [-0.25, -0.2) is 24.9 Å². The van der Waals surface area contributed by atoms with Crippen LogP contribution in [0.1, 0.15) is 44.5 Å². The second kappa shape index (κ2) is 15.9. The minimum atomic E-state index is -0.373.